The average Bonchev–Trinajstić information content (AvgIpc) is 2.57. The van der Waals surface area contributed by atoms with Crippen molar-refractivity contribution in [3.05, 3.63) is 24.0 Å². The van der Waals surface area contributed by atoms with E-state index in [4.69, 9.17) is 0 Å². The Morgan fingerprint density at radius 3 is 2.77 bits per heavy atom. The van der Waals surface area contributed by atoms with E-state index in [9.17, 15) is 0 Å². The molecular formula is C10H19N3. The van der Waals surface area contributed by atoms with Crippen molar-refractivity contribution < 1.29 is 0 Å². The molecule has 0 fully saturated rings. The van der Waals surface area contributed by atoms with Crippen LogP contribution in [0, 0.1) is 0 Å². The molecule has 0 atom stereocenters. The van der Waals surface area contributed by atoms with Gasteiger partial charge >= 0.3 is 0 Å². The van der Waals surface area contributed by atoms with Crippen molar-refractivity contribution in [3.63, 3.8) is 0 Å². The van der Waals surface area contributed by atoms with Gasteiger partial charge in [0.25, 0.3) is 0 Å². The number of likely N-dealkylation sites (N-methyl/N-ethyl adjacent to an activating group) is 1. The van der Waals surface area contributed by atoms with E-state index in [-0.39, 0.29) is 5.54 Å². The molecule has 0 radical (unpaired) electrons. The largest absolute Gasteiger partial charge is 0.364 e. The van der Waals surface area contributed by atoms with Crippen LogP contribution in [0.25, 0.3) is 0 Å². The normalized spacial score (nSPS) is 11.9. The van der Waals surface area contributed by atoms with Crippen LogP contribution in [0.1, 0.15) is 19.5 Å². The maximum absolute atomic E-state index is 3.39. The van der Waals surface area contributed by atoms with Gasteiger partial charge in [0.2, 0.25) is 0 Å². The molecule has 13 heavy (non-hydrogen) atoms. The molecule has 0 bridgehead atoms. The Hall–Kier alpha value is -0.800. The molecule has 3 nitrogen and oxygen atoms in total. The van der Waals surface area contributed by atoms with Crippen LogP contribution in [-0.2, 0) is 6.54 Å². The summed E-state index contributed by atoms with van der Waals surface area (Å²) in [6, 6.07) is 4.10. The summed E-state index contributed by atoms with van der Waals surface area (Å²) in [5, 5.41) is 6.63. The lowest BCUT2D eigenvalue weighted by Gasteiger charge is -2.24. The Labute approximate surface area is 79.9 Å². The van der Waals surface area contributed by atoms with Crippen LogP contribution in [0.3, 0.4) is 0 Å². The highest BCUT2D eigenvalue weighted by Gasteiger charge is 2.12. The zero-order valence-corrected chi connectivity index (χ0v) is 8.65. The summed E-state index contributed by atoms with van der Waals surface area (Å²) >= 11 is 0. The Morgan fingerprint density at radius 2 is 2.23 bits per heavy atom. The summed E-state index contributed by atoms with van der Waals surface area (Å²) in [5.74, 6) is 0. The average molecular weight is 181 g/mol. The summed E-state index contributed by atoms with van der Waals surface area (Å²) in [6.45, 7) is 6.21. The van der Waals surface area contributed by atoms with Gasteiger partial charge in [0.1, 0.15) is 0 Å². The van der Waals surface area contributed by atoms with E-state index in [0.29, 0.717) is 0 Å². The Balaban J connectivity index is 2.21. The van der Waals surface area contributed by atoms with Gasteiger partial charge in [0.05, 0.1) is 0 Å². The van der Waals surface area contributed by atoms with Gasteiger partial charge in [-0.05, 0) is 33.0 Å². The second kappa shape index (κ2) is 4.44. The molecule has 0 aromatic carbocycles. The summed E-state index contributed by atoms with van der Waals surface area (Å²) in [4.78, 5) is 3.16. The summed E-state index contributed by atoms with van der Waals surface area (Å²) in [6.07, 6.45) is 1.94. The van der Waals surface area contributed by atoms with E-state index in [1.165, 1.54) is 5.69 Å². The second-order valence-corrected chi connectivity index (χ2v) is 3.93. The summed E-state index contributed by atoms with van der Waals surface area (Å²) in [5.41, 5.74) is 1.39. The predicted octanol–water partition coefficient (Wildman–Crippen LogP) is 1.10. The maximum Gasteiger partial charge on any atom is 0.0357 e. The van der Waals surface area contributed by atoms with Crippen LogP contribution in [0.15, 0.2) is 18.3 Å². The molecule has 1 rings (SSSR count). The van der Waals surface area contributed by atoms with Gasteiger partial charge in [0, 0.05) is 30.5 Å². The minimum absolute atomic E-state index is 0.159. The van der Waals surface area contributed by atoms with Crippen molar-refractivity contribution in [2.75, 3.05) is 13.6 Å². The van der Waals surface area contributed by atoms with Gasteiger partial charge < -0.3 is 15.6 Å². The van der Waals surface area contributed by atoms with Gasteiger partial charge in [-0.15, -0.1) is 0 Å². The zero-order chi connectivity index (χ0) is 9.73. The Bertz CT molecular complexity index is 226. The number of rotatable bonds is 5. The minimum Gasteiger partial charge on any atom is -0.364 e. The standard InChI is InChI=1S/C10H19N3/c1-10(2,11-3)8-12-7-9-5-4-6-13-9/h4-6,11-13H,7-8H2,1-3H3. The first-order valence-electron chi connectivity index (χ1n) is 4.66. The molecular weight excluding hydrogens is 162 g/mol. The monoisotopic (exact) mass is 181 g/mol. The lowest BCUT2D eigenvalue weighted by molar-refractivity contribution is 0.392. The number of aromatic nitrogens is 1. The van der Waals surface area contributed by atoms with Crippen LogP contribution in [0.4, 0.5) is 0 Å². The predicted molar refractivity (Wildman–Crippen MR) is 55.6 cm³/mol. The fourth-order valence-electron chi connectivity index (χ4n) is 1.08. The van der Waals surface area contributed by atoms with E-state index in [2.05, 4.69) is 35.5 Å². The highest BCUT2D eigenvalue weighted by Crippen LogP contribution is 1.99. The lowest BCUT2D eigenvalue weighted by Crippen LogP contribution is -2.45. The van der Waals surface area contributed by atoms with Crippen molar-refractivity contribution in [1.29, 1.82) is 0 Å². The first-order valence-corrected chi connectivity index (χ1v) is 4.66. The number of hydrogen-bond acceptors (Lipinski definition) is 2. The molecule has 0 spiro atoms. The molecule has 74 valence electrons. The minimum atomic E-state index is 0.159. The maximum atomic E-state index is 3.39. The third-order valence-corrected chi connectivity index (χ3v) is 2.22. The Kier molecular flexibility index (Phi) is 3.51. The highest BCUT2D eigenvalue weighted by atomic mass is 15.0. The second-order valence-electron chi connectivity index (χ2n) is 3.93. The van der Waals surface area contributed by atoms with Crippen molar-refractivity contribution in [3.8, 4) is 0 Å². The first-order chi connectivity index (χ1) is 6.14. The number of aromatic amines is 1. The molecule has 0 aliphatic heterocycles. The van der Waals surface area contributed by atoms with Crippen molar-refractivity contribution in [2.45, 2.75) is 25.9 Å². The van der Waals surface area contributed by atoms with Gasteiger partial charge in [-0.3, -0.25) is 0 Å². The fraction of sp³-hybridized carbons (Fsp3) is 0.600. The zero-order valence-electron chi connectivity index (χ0n) is 8.65. The Morgan fingerprint density at radius 1 is 1.46 bits per heavy atom. The third-order valence-electron chi connectivity index (χ3n) is 2.22. The molecule has 3 heteroatoms. The van der Waals surface area contributed by atoms with Crippen molar-refractivity contribution >= 4 is 0 Å². The van der Waals surface area contributed by atoms with E-state index in [1.807, 2.05) is 19.3 Å². The molecule has 0 saturated heterocycles. The highest BCUT2D eigenvalue weighted by molar-refractivity contribution is 5.03. The summed E-state index contributed by atoms with van der Waals surface area (Å²) < 4.78 is 0. The van der Waals surface area contributed by atoms with E-state index in [0.717, 1.165) is 13.1 Å². The van der Waals surface area contributed by atoms with Crippen molar-refractivity contribution in [1.82, 2.24) is 15.6 Å². The van der Waals surface area contributed by atoms with E-state index in [1.54, 1.807) is 0 Å². The summed E-state index contributed by atoms with van der Waals surface area (Å²) in [7, 11) is 1.98. The molecule has 0 aliphatic carbocycles. The van der Waals surface area contributed by atoms with Crippen LogP contribution < -0.4 is 10.6 Å². The fourth-order valence-corrected chi connectivity index (χ4v) is 1.08. The van der Waals surface area contributed by atoms with Gasteiger partial charge in [-0.25, -0.2) is 0 Å². The molecule has 1 aromatic rings. The molecule has 1 heterocycles. The molecule has 3 N–H and O–H groups in total. The number of hydrogen-bond donors (Lipinski definition) is 3. The number of nitrogens with one attached hydrogen (secondary N) is 3. The molecule has 0 unspecified atom stereocenters. The van der Waals surface area contributed by atoms with Crippen LogP contribution in [0.5, 0.6) is 0 Å². The van der Waals surface area contributed by atoms with Gasteiger partial charge in [-0.2, -0.15) is 0 Å². The molecule has 0 saturated carbocycles. The molecule has 0 amide bonds. The van der Waals surface area contributed by atoms with Gasteiger partial charge in [-0.1, -0.05) is 0 Å². The van der Waals surface area contributed by atoms with Crippen LogP contribution >= 0.6 is 0 Å². The SMILES string of the molecule is CNC(C)(C)CNCc1ccc[nH]1. The van der Waals surface area contributed by atoms with Crippen molar-refractivity contribution in [2.24, 2.45) is 0 Å². The topological polar surface area (TPSA) is 39.8 Å². The molecule has 1 aromatic heterocycles. The van der Waals surface area contributed by atoms with Crippen LogP contribution in [0.2, 0.25) is 0 Å². The van der Waals surface area contributed by atoms with Crippen LogP contribution in [-0.4, -0.2) is 24.1 Å². The number of H-pyrrole nitrogens is 1. The molecule has 0 aliphatic rings. The first kappa shape index (κ1) is 10.3. The third kappa shape index (κ3) is 3.61. The lowest BCUT2D eigenvalue weighted by atomic mass is 10.1. The van der Waals surface area contributed by atoms with E-state index >= 15 is 0 Å². The smallest absolute Gasteiger partial charge is 0.0357 e. The van der Waals surface area contributed by atoms with Gasteiger partial charge in [0.15, 0.2) is 0 Å². The quantitative estimate of drug-likeness (QED) is 0.636. The van der Waals surface area contributed by atoms with E-state index < -0.39 is 0 Å².